The summed E-state index contributed by atoms with van der Waals surface area (Å²) < 4.78 is 19.5. The second-order valence-corrected chi connectivity index (χ2v) is 7.75. The molecular formula is C23H20FN5O2. The van der Waals surface area contributed by atoms with Gasteiger partial charge in [-0.3, -0.25) is 22.9 Å². The molecule has 0 fully saturated rings. The fourth-order valence-corrected chi connectivity index (χ4v) is 3.94. The van der Waals surface area contributed by atoms with Crippen LogP contribution in [0.2, 0.25) is 0 Å². The van der Waals surface area contributed by atoms with Gasteiger partial charge in [-0.1, -0.05) is 29.8 Å². The molecule has 0 aliphatic carbocycles. The molecule has 8 heteroatoms. The van der Waals surface area contributed by atoms with Crippen LogP contribution in [-0.4, -0.2) is 23.1 Å². The molecule has 5 aromatic rings. The number of hydrogen-bond acceptors (Lipinski definition) is 3. The molecule has 31 heavy (non-hydrogen) atoms. The predicted octanol–water partition coefficient (Wildman–Crippen LogP) is 2.94. The number of benzene rings is 2. The quantitative estimate of drug-likeness (QED) is 0.453. The number of hydrogen-bond donors (Lipinski definition) is 0. The molecule has 0 aliphatic rings. The standard InChI is InChI=1S/C23H20FN5O2/c1-14-4-6-16(7-5-14)13-28-21(30)19-20(26(3)23(28)31)25-22-27(19)12-15(2)29(22)18-10-8-17(24)9-11-18/h4-12H,13H2,1-3H3. The molecule has 3 aromatic heterocycles. The van der Waals surface area contributed by atoms with Crippen LogP contribution >= 0.6 is 0 Å². The Kier molecular flexibility index (Phi) is 4.18. The van der Waals surface area contributed by atoms with E-state index in [9.17, 15) is 14.0 Å². The third-order valence-electron chi connectivity index (χ3n) is 5.57. The van der Waals surface area contributed by atoms with Crippen LogP contribution in [0.15, 0.2) is 64.3 Å². The van der Waals surface area contributed by atoms with Crippen molar-refractivity contribution in [1.82, 2.24) is 23.1 Å². The van der Waals surface area contributed by atoms with Gasteiger partial charge in [0.05, 0.1) is 6.54 Å². The van der Waals surface area contributed by atoms with Crippen LogP contribution in [0.5, 0.6) is 0 Å². The lowest BCUT2D eigenvalue weighted by atomic mass is 10.1. The molecule has 0 spiro atoms. The van der Waals surface area contributed by atoms with Crippen LogP contribution < -0.4 is 11.2 Å². The fourth-order valence-electron chi connectivity index (χ4n) is 3.94. The van der Waals surface area contributed by atoms with Gasteiger partial charge in [-0.2, -0.15) is 4.98 Å². The maximum Gasteiger partial charge on any atom is 0.332 e. The van der Waals surface area contributed by atoms with Gasteiger partial charge in [0, 0.05) is 24.6 Å². The third kappa shape index (κ3) is 2.91. The highest BCUT2D eigenvalue weighted by molar-refractivity contribution is 5.76. The maximum absolute atomic E-state index is 13.4. The summed E-state index contributed by atoms with van der Waals surface area (Å²) in [6.07, 6.45) is 1.80. The molecule has 0 amide bonds. The fraction of sp³-hybridized carbons (Fsp3) is 0.174. The normalized spacial score (nSPS) is 11.6. The van der Waals surface area contributed by atoms with Gasteiger partial charge in [0.2, 0.25) is 5.78 Å². The van der Waals surface area contributed by atoms with E-state index in [1.165, 1.54) is 21.3 Å². The first-order chi connectivity index (χ1) is 14.8. The zero-order chi connectivity index (χ0) is 21.9. The minimum Gasteiger partial charge on any atom is -0.283 e. The summed E-state index contributed by atoms with van der Waals surface area (Å²) in [5, 5.41) is 0. The molecule has 0 saturated carbocycles. The van der Waals surface area contributed by atoms with E-state index in [4.69, 9.17) is 0 Å². The van der Waals surface area contributed by atoms with Gasteiger partial charge in [-0.05, 0) is 43.7 Å². The number of nitrogens with zero attached hydrogens (tertiary/aromatic N) is 5. The molecule has 7 nitrogen and oxygen atoms in total. The third-order valence-corrected chi connectivity index (χ3v) is 5.57. The number of aromatic nitrogens is 5. The van der Waals surface area contributed by atoms with E-state index in [2.05, 4.69) is 4.98 Å². The molecule has 5 rings (SSSR count). The summed E-state index contributed by atoms with van der Waals surface area (Å²) in [4.78, 5) is 30.9. The van der Waals surface area contributed by atoms with E-state index in [1.807, 2.05) is 42.7 Å². The van der Waals surface area contributed by atoms with Crippen LogP contribution in [0, 0.1) is 19.7 Å². The molecule has 156 valence electrons. The Morgan fingerprint density at radius 1 is 0.968 bits per heavy atom. The monoisotopic (exact) mass is 417 g/mol. The average molecular weight is 417 g/mol. The van der Waals surface area contributed by atoms with Crippen LogP contribution in [0.4, 0.5) is 4.39 Å². The van der Waals surface area contributed by atoms with Gasteiger partial charge in [0.15, 0.2) is 11.2 Å². The van der Waals surface area contributed by atoms with E-state index < -0.39 is 11.2 Å². The summed E-state index contributed by atoms with van der Waals surface area (Å²) >= 11 is 0. The van der Waals surface area contributed by atoms with Crippen molar-refractivity contribution < 1.29 is 4.39 Å². The van der Waals surface area contributed by atoms with Gasteiger partial charge in [-0.25, -0.2) is 9.18 Å². The average Bonchev–Trinajstić information content (AvgIpc) is 3.26. The van der Waals surface area contributed by atoms with Gasteiger partial charge < -0.3 is 0 Å². The van der Waals surface area contributed by atoms with E-state index >= 15 is 0 Å². The van der Waals surface area contributed by atoms with Crippen molar-refractivity contribution in [2.24, 2.45) is 7.05 Å². The van der Waals surface area contributed by atoms with E-state index in [0.29, 0.717) is 22.6 Å². The van der Waals surface area contributed by atoms with Gasteiger partial charge in [0.1, 0.15) is 5.82 Å². The Labute approximate surface area is 176 Å². The number of imidazole rings is 2. The molecule has 0 atom stereocenters. The highest BCUT2D eigenvalue weighted by Crippen LogP contribution is 2.21. The van der Waals surface area contributed by atoms with Crippen LogP contribution in [0.25, 0.3) is 22.6 Å². The van der Waals surface area contributed by atoms with Crippen molar-refractivity contribution in [3.05, 3.63) is 98.2 Å². The first kappa shape index (κ1) is 19.0. The summed E-state index contributed by atoms with van der Waals surface area (Å²) in [6.45, 7) is 4.04. The maximum atomic E-state index is 13.4. The van der Waals surface area contributed by atoms with Crippen molar-refractivity contribution in [2.45, 2.75) is 20.4 Å². The van der Waals surface area contributed by atoms with Crippen molar-refractivity contribution in [3.63, 3.8) is 0 Å². The van der Waals surface area contributed by atoms with Crippen molar-refractivity contribution in [3.8, 4) is 5.69 Å². The Balaban J connectivity index is 1.77. The first-order valence-electron chi connectivity index (χ1n) is 9.86. The van der Waals surface area contributed by atoms with Gasteiger partial charge >= 0.3 is 5.69 Å². The topological polar surface area (TPSA) is 66.2 Å². The smallest absolute Gasteiger partial charge is 0.283 e. The van der Waals surface area contributed by atoms with Crippen LogP contribution in [0.1, 0.15) is 16.8 Å². The Hall–Kier alpha value is -3.94. The van der Waals surface area contributed by atoms with Gasteiger partial charge in [-0.15, -0.1) is 0 Å². The Morgan fingerprint density at radius 2 is 1.65 bits per heavy atom. The van der Waals surface area contributed by atoms with E-state index in [0.717, 1.165) is 16.8 Å². The molecule has 3 heterocycles. The molecule has 0 bridgehead atoms. The summed E-state index contributed by atoms with van der Waals surface area (Å²) in [6, 6.07) is 13.8. The van der Waals surface area contributed by atoms with E-state index in [-0.39, 0.29) is 12.4 Å². The number of halogens is 1. The first-order valence-corrected chi connectivity index (χ1v) is 9.86. The zero-order valence-corrected chi connectivity index (χ0v) is 17.3. The van der Waals surface area contributed by atoms with E-state index in [1.54, 1.807) is 29.8 Å². The molecule has 0 aliphatic heterocycles. The summed E-state index contributed by atoms with van der Waals surface area (Å²) in [7, 11) is 1.61. The summed E-state index contributed by atoms with van der Waals surface area (Å²) in [5.41, 5.74) is 3.32. The molecular weight excluding hydrogens is 397 g/mol. The summed E-state index contributed by atoms with van der Waals surface area (Å²) in [5.74, 6) is 0.152. The molecule has 0 radical (unpaired) electrons. The number of fused-ring (bicyclic) bond motifs is 3. The largest absolute Gasteiger partial charge is 0.332 e. The SMILES string of the molecule is Cc1ccc(Cn2c(=O)c3c(nc4n(-c5ccc(F)cc5)c(C)cn34)n(C)c2=O)cc1. The molecule has 0 unspecified atom stereocenters. The molecule has 0 N–H and O–H groups in total. The lowest BCUT2D eigenvalue weighted by Gasteiger charge is -2.08. The minimum absolute atomic E-state index is 0.173. The highest BCUT2D eigenvalue weighted by atomic mass is 19.1. The lowest BCUT2D eigenvalue weighted by molar-refractivity contribution is 0.627. The minimum atomic E-state index is -0.427. The Bertz CT molecular complexity index is 1570. The Morgan fingerprint density at radius 3 is 2.32 bits per heavy atom. The van der Waals surface area contributed by atoms with Gasteiger partial charge in [0.25, 0.3) is 5.56 Å². The van der Waals surface area contributed by atoms with Crippen molar-refractivity contribution in [1.29, 1.82) is 0 Å². The predicted molar refractivity (Wildman–Crippen MR) is 117 cm³/mol. The van der Waals surface area contributed by atoms with Crippen LogP contribution in [0.3, 0.4) is 0 Å². The lowest BCUT2D eigenvalue weighted by Crippen LogP contribution is -2.39. The second-order valence-electron chi connectivity index (χ2n) is 7.75. The zero-order valence-electron chi connectivity index (χ0n) is 17.3. The van der Waals surface area contributed by atoms with Crippen molar-refractivity contribution in [2.75, 3.05) is 0 Å². The highest BCUT2D eigenvalue weighted by Gasteiger charge is 2.21. The van der Waals surface area contributed by atoms with Crippen LogP contribution in [-0.2, 0) is 13.6 Å². The molecule has 2 aromatic carbocycles. The number of rotatable bonds is 3. The number of aryl methyl sites for hydroxylation is 3. The second kappa shape index (κ2) is 6.80. The van der Waals surface area contributed by atoms with Crippen molar-refractivity contribution >= 4 is 16.9 Å². The molecule has 0 saturated heterocycles.